The van der Waals surface area contributed by atoms with Crippen molar-refractivity contribution >= 4 is 27.6 Å². The maximum atomic E-state index is 13.6. The van der Waals surface area contributed by atoms with E-state index in [9.17, 15) is 36.4 Å². The number of sulfonamides is 1. The van der Waals surface area contributed by atoms with Gasteiger partial charge in [-0.1, -0.05) is 18.2 Å². The number of urea groups is 1. The second kappa shape index (κ2) is 11.4. The van der Waals surface area contributed by atoms with Crippen molar-refractivity contribution in [2.75, 3.05) is 31.1 Å². The van der Waals surface area contributed by atoms with Crippen molar-refractivity contribution in [2.45, 2.75) is 49.3 Å². The maximum Gasteiger partial charge on any atom is 0.416 e. The van der Waals surface area contributed by atoms with Crippen LogP contribution in [-0.4, -0.2) is 51.4 Å². The fourth-order valence-electron chi connectivity index (χ4n) is 5.28. The topological polar surface area (TPSA) is 145 Å². The third-order valence-electron chi connectivity index (χ3n) is 7.55. The number of nitrogens with zero attached hydrogens (tertiary/aromatic N) is 3. The van der Waals surface area contributed by atoms with Crippen LogP contribution in [-0.2, 0) is 21.0 Å². The Bertz CT molecular complexity index is 1600. The van der Waals surface area contributed by atoms with Gasteiger partial charge in [0.2, 0.25) is 15.9 Å². The van der Waals surface area contributed by atoms with E-state index in [0.29, 0.717) is 38.0 Å². The summed E-state index contributed by atoms with van der Waals surface area (Å²) in [5.41, 5.74) is -0.132. The summed E-state index contributed by atoms with van der Waals surface area (Å²) in [6.45, 7) is 3.24. The quantitative estimate of drug-likeness (QED) is 0.295. The normalized spacial score (nSPS) is 21.0. The first-order chi connectivity index (χ1) is 19.9. The Labute approximate surface area is 241 Å². The molecule has 0 saturated carbocycles. The average molecular weight is 603 g/mol. The number of hydrogen-bond acceptors (Lipinski definition) is 6. The summed E-state index contributed by atoms with van der Waals surface area (Å²) in [5, 5.41) is 15.8. The summed E-state index contributed by atoms with van der Waals surface area (Å²) in [6, 6.07) is 8.95. The van der Waals surface area contributed by atoms with Crippen LogP contribution < -0.4 is 20.3 Å². The molecule has 0 aromatic heterocycles. The van der Waals surface area contributed by atoms with Gasteiger partial charge in [-0.15, -0.1) is 0 Å². The molecular formula is C28H29F3N6O4S. The molecule has 42 heavy (non-hydrogen) atoms. The Morgan fingerprint density at radius 2 is 1.93 bits per heavy atom. The molecule has 0 spiro atoms. The van der Waals surface area contributed by atoms with Gasteiger partial charge in [0.1, 0.15) is 0 Å². The predicted molar refractivity (Wildman–Crippen MR) is 146 cm³/mol. The second-order valence-corrected chi connectivity index (χ2v) is 12.1. The Kier molecular flexibility index (Phi) is 8.02. The van der Waals surface area contributed by atoms with E-state index in [1.165, 1.54) is 19.1 Å². The first-order valence-corrected chi connectivity index (χ1v) is 14.9. The molecule has 2 saturated heterocycles. The largest absolute Gasteiger partial charge is 0.416 e. The van der Waals surface area contributed by atoms with Crippen molar-refractivity contribution in [3.63, 3.8) is 0 Å². The Morgan fingerprint density at radius 1 is 1.17 bits per heavy atom. The van der Waals surface area contributed by atoms with Gasteiger partial charge >= 0.3 is 12.2 Å². The summed E-state index contributed by atoms with van der Waals surface area (Å²) in [5.74, 6) is 0.0446. The van der Waals surface area contributed by atoms with E-state index in [1.54, 1.807) is 17.0 Å². The molecule has 3 heterocycles. The van der Waals surface area contributed by atoms with Crippen LogP contribution in [0.4, 0.5) is 23.7 Å². The zero-order valence-corrected chi connectivity index (χ0v) is 23.5. The zero-order valence-electron chi connectivity index (χ0n) is 22.7. The van der Waals surface area contributed by atoms with E-state index in [4.69, 9.17) is 0 Å². The van der Waals surface area contributed by atoms with Crippen LogP contribution in [0.1, 0.15) is 55.0 Å². The number of carbonyl (C=O) groups is 2. The smallest absolute Gasteiger partial charge is 0.343 e. The van der Waals surface area contributed by atoms with Crippen LogP contribution in [0.5, 0.6) is 0 Å². The number of nitriles is 1. The number of likely N-dealkylation sites (tertiary alicyclic amines) is 1. The fraction of sp³-hybridized carbons (Fsp3) is 0.393. The number of alkyl halides is 3. The molecule has 2 atom stereocenters. The van der Waals surface area contributed by atoms with Gasteiger partial charge in [0.05, 0.1) is 33.8 Å². The molecule has 3 amide bonds. The van der Waals surface area contributed by atoms with Crippen molar-refractivity contribution < 1.29 is 31.2 Å². The Morgan fingerprint density at radius 3 is 2.57 bits per heavy atom. The number of anilines is 1. The minimum atomic E-state index is -4.64. The summed E-state index contributed by atoms with van der Waals surface area (Å²) in [4.78, 5) is 27.7. The lowest BCUT2D eigenvalue weighted by Gasteiger charge is -2.35. The van der Waals surface area contributed by atoms with E-state index in [-0.39, 0.29) is 45.9 Å². The van der Waals surface area contributed by atoms with Crippen molar-refractivity contribution in [2.24, 2.45) is 0 Å². The number of nitrogens with one attached hydrogen (secondary N) is 3. The van der Waals surface area contributed by atoms with Crippen LogP contribution >= 0.6 is 0 Å². The van der Waals surface area contributed by atoms with Crippen LogP contribution in [0.2, 0.25) is 0 Å². The molecule has 2 aromatic rings. The fourth-order valence-corrected chi connectivity index (χ4v) is 6.64. The summed E-state index contributed by atoms with van der Waals surface area (Å²) in [6.07, 6.45) is -2.97. The highest BCUT2D eigenvalue weighted by atomic mass is 32.2. The van der Waals surface area contributed by atoms with Gasteiger partial charge in [0.15, 0.2) is 0 Å². The SMILES string of the molecule is CC1=C(C#N)C(c2ccc(C3CN3)cc2S(=O)(=O)NCCCN2CCCC2=O)NC(=O)N1c1cccc(C(F)(F)F)c1. The monoisotopic (exact) mass is 602 g/mol. The van der Waals surface area contributed by atoms with Gasteiger partial charge in [-0.3, -0.25) is 9.69 Å². The molecule has 2 fully saturated rings. The van der Waals surface area contributed by atoms with Gasteiger partial charge in [0.25, 0.3) is 0 Å². The van der Waals surface area contributed by atoms with Gasteiger partial charge in [-0.2, -0.15) is 18.4 Å². The zero-order chi connectivity index (χ0) is 30.2. The third kappa shape index (κ3) is 5.99. The van der Waals surface area contributed by atoms with E-state index in [1.807, 2.05) is 6.07 Å². The van der Waals surface area contributed by atoms with Gasteiger partial charge < -0.3 is 15.5 Å². The molecule has 0 aliphatic carbocycles. The first kappa shape index (κ1) is 29.6. The Hall–Kier alpha value is -3.93. The molecule has 10 nitrogen and oxygen atoms in total. The highest BCUT2D eigenvalue weighted by Crippen LogP contribution is 2.38. The van der Waals surface area contributed by atoms with Gasteiger partial charge in [-0.25, -0.2) is 17.9 Å². The Balaban J connectivity index is 1.47. The third-order valence-corrected chi connectivity index (χ3v) is 9.07. The number of hydrogen-bond donors (Lipinski definition) is 3. The lowest BCUT2D eigenvalue weighted by Crippen LogP contribution is -2.47. The van der Waals surface area contributed by atoms with Crippen LogP contribution in [0, 0.1) is 11.3 Å². The predicted octanol–water partition coefficient (Wildman–Crippen LogP) is 3.71. The second-order valence-electron chi connectivity index (χ2n) is 10.4. The van der Waals surface area contributed by atoms with E-state index < -0.39 is 33.8 Å². The first-order valence-electron chi connectivity index (χ1n) is 13.4. The number of halogens is 3. The van der Waals surface area contributed by atoms with Crippen molar-refractivity contribution in [1.82, 2.24) is 20.3 Å². The van der Waals surface area contributed by atoms with Gasteiger partial charge in [-0.05, 0) is 55.2 Å². The van der Waals surface area contributed by atoms with Crippen LogP contribution in [0.15, 0.2) is 58.6 Å². The molecule has 3 aliphatic rings. The number of allylic oxidation sites excluding steroid dienone is 1. The number of amides is 3. The molecule has 222 valence electrons. The van der Waals surface area contributed by atoms with Crippen LogP contribution in [0.3, 0.4) is 0 Å². The minimum Gasteiger partial charge on any atom is -0.343 e. The molecular weight excluding hydrogens is 573 g/mol. The molecule has 5 rings (SSSR count). The van der Waals surface area contributed by atoms with Crippen molar-refractivity contribution in [1.29, 1.82) is 5.26 Å². The van der Waals surface area contributed by atoms with E-state index in [2.05, 4.69) is 15.4 Å². The van der Waals surface area contributed by atoms with E-state index in [0.717, 1.165) is 29.5 Å². The standard InChI is InChI=1S/C28H29F3N6O4S/c1-17-22(15-32)26(35-27(39)37(17)20-6-2-5-19(14-20)28(29,30)31)21-9-8-18(23-16-33-23)13-24(21)42(40,41)34-10-4-12-36-11-3-7-25(36)38/h2,5-6,8-9,13-14,23,26,33-34H,3-4,7,10-12,16H2,1H3,(H,35,39). The summed E-state index contributed by atoms with van der Waals surface area (Å²) >= 11 is 0. The average Bonchev–Trinajstić information content (AvgIpc) is 3.72. The molecule has 0 bridgehead atoms. The number of carbonyl (C=O) groups excluding carboxylic acids is 2. The molecule has 3 aliphatic heterocycles. The maximum absolute atomic E-state index is 13.6. The molecule has 2 unspecified atom stereocenters. The van der Waals surface area contributed by atoms with Crippen molar-refractivity contribution in [3.8, 4) is 6.07 Å². The lowest BCUT2D eigenvalue weighted by atomic mass is 9.94. The van der Waals surface area contributed by atoms with Crippen molar-refractivity contribution in [3.05, 3.63) is 70.4 Å². The van der Waals surface area contributed by atoms with Crippen LogP contribution in [0.25, 0.3) is 0 Å². The van der Waals surface area contributed by atoms with Gasteiger partial charge in [0, 0.05) is 44.3 Å². The molecule has 14 heteroatoms. The summed E-state index contributed by atoms with van der Waals surface area (Å²) in [7, 11) is -4.14. The molecule has 2 aromatic carbocycles. The lowest BCUT2D eigenvalue weighted by molar-refractivity contribution is -0.137. The number of benzene rings is 2. The highest BCUT2D eigenvalue weighted by molar-refractivity contribution is 7.89. The summed E-state index contributed by atoms with van der Waals surface area (Å²) < 4.78 is 69.8. The van der Waals surface area contributed by atoms with E-state index >= 15 is 0 Å². The molecule has 3 N–H and O–H groups in total. The number of rotatable bonds is 9. The highest BCUT2D eigenvalue weighted by Gasteiger charge is 2.38. The molecule has 0 radical (unpaired) electrons. The minimum absolute atomic E-state index is 0.0201.